The summed E-state index contributed by atoms with van der Waals surface area (Å²) in [6, 6.07) is 21.4. The monoisotopic (exact) mass is 548 g/mol. The van der Waals surface area contributed by atoms with Crippen molar-refractivity contribution in [2.24, 2.45) is 0 Å². The van der Waals surface area contributed by atoms with E-state index in [1.165, 1.54) is 29.1 Å². The minimum atomic E-state index is -3.79. The molecule has 3 aromatic carbocycles. The maximum absolute atomic E-state index is 14.8. The van der Waals surface area contributed by atoms with Crippen molar-refractivity contribution in [1.82, 2.24) is 25.5 Å². The molecular formula is C29H30F2N6O3. The molecule has 2 heterocycles. The van der Waals surface area contributed by atoms with Crippen molar-refractivity contribution in [2.45, 2.75) is 38.0 Å². The quantitative estimate of drug-likeness (QED) is 0.260. The highest BCUT2D eigenvalue weighted by atomic mass is 19.3. The number of rotatable bonds is 11. The number of esters is 1. The average molecular weight is 549 g/mol. The van der Waals surface area contributed by atoms with E-state index in [0.717, 1.165) is 25.9 Å². The zero-order valence-electron chi connectivity index (χ0n) is 21.8. The molecule has 1 aliphatic rings. The van der Waals surface area contributed by atoms with Gasteiger partial charge in [0.25, 0.3) is 0 Å². The van der Waals surface area contributed by atoms with Crippen LogP contribution in [0.15, 0.2) is 78.9 Å². The van der Waals surface area contributed by atoms with Crippen molar-refractivity contribution in [2.75, 3.05) is 25.0 Å². The summed E-state index contributed by atoms with van der Waals surface area (Å²) in [5, 5.41) is 19.3. The Balaban J connectivity index is 1.20. The van der Waals surface area contributed by atoms with Crippen molar-refractivity contribution in [3.05, 3.63) is 90.0 Å². The molecule has 1 saturated heterocycles. The van der Waals surface area contributed by atoms with Gasteiger partial charge in [-0.3, -0.25) is 0 Å². The van der Waals surface area contributed by atoms with Gasteiger partial charge in [-0.2, -0.15) is 13.6 Å². The van der Waals surface area contributed by atoms with Gasteiger partial charge in [0, 0.05) is 29.0 Å². The van der Waals surface area contributed by atoms with Gasteiger partial charge in [-0.15, -0.1) is 10.2 Å². The van der Waals surface area contributed by atoms with E-state index in [-0.39, 0.29) is 12.7 Å². The van der Waals surface area contributed by atoms with Crippen LogP contribution in [0, 0.1) is 0 Å². The molecule has 5 rings (SSSR count). The molecule has 9 nitrogen and oxygen atoms in total. The predicted molar refractivity (Wildman–Crippen MR) is 145 cm³/mol. The van der Waals surface area contributed by atoms with Gasteiger partial charge in [0.2, 0.25) is 5.82 Å². The van der Waals surface area contributed by atoms with Gasteiger partial charge in [0.05, 0.1) is 19.3 Å². The molecule has 1 unspecified atom stereocenters. The summed E-state index contributed by atoms with van der Waals surface area (Å²) >= 11 is 0. The summed E-state index contributed by atoms with van der Waals surface area (Å²) in [5.74, 6) is -4.96. The lowest BCUT2D eigenvalue weighted by molar-refractivity contribution is -0.175. The van der Waals surface area contributed by atoms with E-state index in [2.05, 4.69) is 26.0 Å². The number of nitrogens with one attached hydrogen (secondary N) is 2. The van der Waals surface area contributed by atoms with Crippen molar-refractivity contribution in [1.29, 1.82) is 0 Å². The normalized spacial score (nSPS) is 15.5. The van der Waals surface area contributed by atoms with Crippen LogP contribution < -0.4 is 10.6 Å². The van der Waals surface area contributed by atoms with E-state index in [4.69, 9.17) is 9.47 Å². The number of piperidine rings is 1. The number of carbonyl (C=O) groups is 1. The first-order valence-corrected chi connectivity index (χ1v) is 13.1. The summed E-state index contributed by atoms with van der Waals surface area (Å²) in [6.07, 6.45) is 2.35. The molecule has 0 bridgehead atoms. The first-order chi connectivity index (χ1) is 19.5. The Morgan fingerprint density at radius 1 is 1.05 bits per heavy atom. The molecule has 1 aliphatic heterocycles. The Kier molecular flexibility index (Phi) is 8.72. The molecule has 2 N–H and O–H groups in total. The Labute approximate surface area is 230 Å². The SMILES string of the molecule is O=C(OCc1ccccc1)C(F)(F)c1ccc(Nc2ccccc2-c2nnn(CCOC3CCCNC3)n2)cc1. The molecule has 11 heteroatoms. The second kappa shape index (κ2) is 12.8. The summed E-state index contributed by atoms with van der Waals surface area (Å²) in [6.45, 7) is 2.62. The van der Waals surface area contributed by atoms with E-state index < -0.39 is 17.5 Å². The number of alkyl halides is 2. The molecule has 0 spiro atoms. The zero-order chi connectivity index (χ0) is 27.8. The molecule has 40 heavy (non-hydrogen) atoms. The van der Waals surface area contributed by atoms with Gasteiger partial charge < -0.3 is 20.1 Å². The smallest absolute Gasteiger partial charge is 0.382 e. The summed E-state index contributed by atoms with van der Waals surface area (Å²) in [4.78, 5) is 13.6. The maximum Gasteiger partial charge on any atom is 0.382 e. The van der Waals surface area contributed by atoms with Gasteiger partial charge in [-0.1, -0.05) is 54.6 Å². The fourth-order valence-corrected chi connectivity index (χ4v) is 4.35. The Morgan fingerprint density at radius 2 is 1.82 bits per heavy atom. The third-order valence-electron chi connectivity index (χ3n) is 6.51. The van der Waals surface area contributed by atoms with E-state index in [9.17, 15) is 13.6 Å². The van der Waals surface area contributed by atoms with E-state index >= 15 is 0 Å². The molecule has 208 valence electrons. The fraction of sp³-hybridized carbons (Fsp3) is 0.310. The lowest BCUT2D eigenvalue weighted by Crippen LogP contribution is -2.35. The van der Waals surface area contributed by atoms with Crippen LogP contribution in [0.1, 0.15) is 24.0 Å². The van der Waals surface area contributed by atoms with Crippen LogP contribution in [0.4, 0.5) is 20.2 Å². The molecule has 1 fully saturated rings. The first-order valence-electron chi connectivity index (χ1n) is 13.1. The van der Waals surface area contributed by atoms with Crippen LogP contribution in [0.3, 0.4) is 0 Å². The number of halogens is 2. The van der Waals surface area contributed by atoms with E-state index in [1.807, 2.05) is 24.3 Å². The minimum absolute atomic E-state index is 0.202. The van der Waals surface area contributed by atoms with Crippen LogP contribution in [0.2, 0.25) is 0 Å². The molecule has 0 saturated carbocycles. The molecule has 0 amide bonds. The highest BCUT2D eigenvalue weighted by Gasteiger charge is 2.42. The summed E-state index contributed by atoms with van der Waals surface area (Å²) < 4.78 is 40.3. The predicted octanol–water partition coefficient (Wildman–Crippen LogP) is 4.69. The molecule has 4 aromatic rings. The number of aromatic nitrogens is 4. The van der Waals surface area contributed by atoms with E-state index in [0.29, 0.717) is 41.5 Å². The lowest BCUT2D eigenvalue weighted by Gasteiger charge is -2.22. The van der Waals surface area contributed by atoms with Crippen LogP contribution >= 0.6 is 0 Å². The van der Waals surface area contributed by atoms with Crippen LogP contribution in [0.25, 0.3) is 11.4 Å². The van der Waals surface area contributed by atoms with Gasteiger partial charge in [-0.25, -0.2) is 4.79 Å². The average Bonchev–Trinajstić information content (AvgIpc) is 3.46. The fourth-order valence-electron chi connectivity index (χ4n) is 4.35. The molecule has 0 aliphatic carbocycles. The topological polar surface area (TPSA) is 103 Å². The second-order valence-corrected chi connectivity index (χ2v) is 9.43. The number of carbonyl (C=O) groups excluding carboxylic acids is 1. The minimum Gasteiger partial charge on any atom is -0.456 e. The van der Waals surface area contributed by atoms with Gasteiger partial charge in [0.15, 0.2) is 0 Å². The summed E-state index contributed by atoms with van der Waals surface area (Å²) in [5.41, 5.74) is 2.09. The lowest BCUT2D eigenvalue weighted by atomic mass is 10.1. The molecule has 1 atom stereocenters. The summed E-state index contributed by atoms with van der Waals surface area (Å²) in [7, 11) is 0. The third kappa shape index (κ3) is 6.85. The number of nitrogens with zero attached hydrogens (tertiary/aromatic N) is 4. The van der Waals surface area contributed by atoms with Gasteiger partial charge in [0.1, 0.15) is 6.61 Å². The van der Waals surface area contributed by atoms with E-state index in [1.54, 1.807) is 30.3 Å². The maximum atomic E-state index is 14.8. The second-order valence-electron chi connectivity index (χ2n) is 9.43. The largest absolute Gasteiger partial charge is 0.456 e. The molecule has 1 aromatic heterocycles. The first kappa shape index (κ1) is 27.4. The van der Waals surface area contributed by atoms with Crippen molar-refractivity contribution in [3.8, 4) is 11.4 Å². The highest BCUT2D eigenvalue weighted by molar-refractivity contribution is 5.80. The number of hydrogen-bond donors (Lipinski definition) is 2. The van der Waals surface area contributed by atoms with Crippen LogP contribution in [0.5, 0.6) is 0 Å². The van der Waals surface area contributed by atoms with Crippen molar-refractivity contribution in [3.63, 3.8) is 0 Å². The van der Waals surface area contributed by atoms with Crippen molar-refractivity contribution < 1.29 is 23.0 Å². The Hall–Kier alpha value is -4.22. The zero-order valence-corrected chi connectivity index (χ0v) is 21.8. The molecular weight excluding hydrogens is 518 g/mol. The third-order valence-corrected chi connectivity index (χ3v) is 6.51. The van der Waals surface area contributed by atoms with Crippen molar-refractivity contribution >= 4 is 17.3 Å². The van der Waals surface area contributed by atoms with Crippen LogP contribution in [-0.2, 0) is 33.3 Å². The molecule has 0 radical (unpaired) electrons. The van der Waals surface area contributed by atoms with Gasteiger partial charge in [-0.05, 0) is 54.4 Å². The number of benzene rings is 3. The standard InChI is InChI=1S/C29H30F2N6O3/c30-29(31,28(38)40-20-21-7-2-1-3-8-21)22-12-14-23(15-13-22)33-26-11-5-4-10-25(26)27-34-36-37(35-27)17-18-39-24-9-6-16-32-19-24/h1-5,7-8,10-15,24,32-33H,6,9,16-20H2. The number of hydrogen-bond acceptors (Lipinski definition) is 8. The number of tetrazole rings is 1. The Bertz CT molecular complexity index is 1390. The number of para-hydroxylation sites is 1. The number of anilines is 2. The highest BCUT2D eigenvalue weighted by Crippen LogP contribution is 2.32. The number of ether oxygens (including phenoxy) is 2. The Morgan fingerprint density at radius 3 is 2.60 bits per heavy atom. The van der Waals surface area contributed by atoms with Crippen LogP contribution in [-0.4, -0.2) is 52.0 Å². The van der Waals surface area contributed by atoms with Gasteiger partial charge >= 0.3 is 11.9 Å².